The van der Waals surface area contributed by atoms with Crippen molar-refractivity contribution in [3.8, 4) is 5.75 Å². The first-order valence-corrected chi connectivity index (χ1v) is 10.8. The Hall–Kier alpha value is -3.58. The van der Waals surface area contributed by atoms with E-state index in [0.717, 1.165) is 46.3 Å². The van der Waals surface area contributed by atoms with Gasteiger partial charge in [-0.15, -0.1) is 0 Å². The van der Waals surface area contributed by atoms with Crippen molar-refractivity contribution in [3.05, 3.63) is 65.9 Å². The molecular weight excluding hydrogens is 404 g/mol. The number of H-pyrrole nitrogens is 1. The molecular formula is C25H26N4O3. The predicted octanol–water partition coefficient (Wildman–Crippen LogP) is 3.98. The molecule has 0 bridgehead atoms. The number of methoxy groups -OCH3 is 1. The second kappa shape index (κ2) is 8.16. The van der Waals surface area contributed by atoms with Crippen molar-refractivity contribution in [2.75, 3.05) is 38.2 Å². The number of nitrogens with zero attached hydrogens (tertiary/aromatic N) is 3. The molecule has 7 heteroatoms. The second-order valence-corrected chi connectivity index (χ2v) is 8.23. The summed E-state index contributed by atoms with van der Waals surface area (Å²) < 4.78 is 5.35. The highest BCUT2D eigenvalue weighted by Crippen LogP contribution is 2.32. The predicted molar refractivity (Wildman–Crippen MR) is 125 cm³/mol. The van der Waals surface area contributed by atoms with E-state index < -0.39 is 12.0 Å². The fraction of sp³-hybridized carbons (Fsp3) is 0.280. The lowest BCUT2D eigenvalue weighted by atomic mass is 10.0. The Bertz CT molecular complexity index is 1290. The van der Waals surface area contributed by atoms with Crippen molar-refractivity contribution in [2.45, 2.75) is 13.0 Å². The molecule has 0 unspecified atom stereocenters. The van der Waals surface area contributed by atoms with E-state index >= 15 is 0 Å². The maximum absolute atomic E-state index is 12.3. The monoisotopic (exact) mass is 430 g/mol. The molecule has 1 saturated heterocycles. The van der Waals surface area contributed by atoms with E-state index in [9.17, 15) is 9.90 Å². The maximum Gasteiger partial charge on any atom is 0.325 e. The number of carboxylic acid groups (broad SMARTS) is 1. The number of rotatable bonds is 5. The lowest BCUT2D eigenvalue weighted by Gasteiger charge is -2.38. The van der Waals surface area contributed by atoms with Crippen molar-refractivity contribution in [1.29, 1.82) is 0 Å². The normalized spacial score (nSPS) is 15.9. The lowest BCUT2D eigenvalue weighted by molar-refractivity contribution is -0.143. The molecule has 2 aromatic carbocycles. The molecule has 7 nitrogen and oxygen atoms in total. The van der Waals surface area contributed by atoms with Crippen LogP contribution >= 0.6 is 0 Å². The van der Waals surface area contributed by atoms with E-state index in [0.29, 0.717) is 18.8 Å². The van der Waals surface area contributed by atoms with Crippen LogP contribution < -0.4 is 9.64 Å². The van der Waals surface area contributed by atoms with Crippen LogP contribution in [0.3, 0.4) is 0 Å². The number of benzene rings is 2. The molecule has 2 N–H and O–H groups in total. The van der Waals surface area contributed by atoms with Gasteiger partial charge in [-0.05, 0) is 42.8 Å². The molecule has 0 radical (unpaired) electrons. The van der Waals surface area contributed by atoms with E-state index in [1.165, 1.54) is 5.56 Å². The molecule has 1 aliphatic rings. The molecule has 1 aliphatic heterocycles. The summed E-state index contributed by atoms with van der Waals surface area (Å²) >= 11 is 0. The Balaban J connectivity index is 1.39. The Morgan fingerprint density at radius 1 is 1.09 bits per heavy atom. The summed E-state index contributed by atoms with van der Waals surface area (Å²) in [6, 6.07) is 15.3. The summed E-state index contributed by atoms with van der Waals surface area (Å²) in [5.74, 6) is 0.816. The van der Waals surface area contributed by atoms with Gasteiger partial charge in [0.2, 0.25) is 0 Å². The number of nitrogens with one attached hydrogen (secondary N) is 1. The van der Waals surface area contributed by atoms with Crippen molar-refractivity contribution < 1.29 is 14.6 Å². The van der Waals surface area contributed by atoms with Crippen LogP contribution in [0.15, 0.2) is 54.7 Å². The number of fused-ring (bicyclic) bond motifs is 2. The number of ether oxygens (including phenoxy) is 1. The van der Waals surface area contributed by atoms with Gasteiger partial charge in [-0.25, -0.2) is 4.98 Å². The summed E-state index contributed by atoms with van der Waals surface area (Å²) in [6.07, 6.45) is 1.81. The zero-order valence-electron chi connectivity index (χ0n) is 18.2. The average molecular weight is 431 g/mol. The van der Waals surface area contributed by atoms with Crippen molar-refractivity contribution in [3.63, 3.8) is 0 Å². The van der Waals surface area contributed by atoms with Gasteiger partial charge in [-0.3, -0.25) is 9.69 Å². The SMILES string of the molecule is COc1ccc2[nH]cc([C@H](C(=O)O)N3CCN(c4cc(C)c5ccccc5n4)CC3)c2c1. The van der Waals surface area contributed by atoms with Crippen molar-refractivity contribution in [2.24, 2.45) is 0 Å². The standard InChI is InChI=1S/C25H26N4O3/c1-16-13-23(27-22-6-4-3-5-18(16)22)28-9-11-29(12-10-28)24(25(30)31)20-15-26-21-8-7-17(32-2)14-19(20)21/h3-8,13-15,24,26H,9-12H2,1-2H3,(H,30,31)/t24-/m1/s1. The summed E-state index contributed by atoms with van der Waals surface area (Å²) in [6.45, 7) is 4.83. The molecule has 164 valence electrons. The van der Waals surface area contributed by atoms with Gasteiger partial charge in [-0.2, -0.15) is 0 Å². The van der Waals surface area contributed by atoms with Gasteiger partial charge >= 0.3 is 5.97 Å². The van der Waals surface area contributed by atoms with Gasteiger partial charge < -0.3 is 19.7 Å². The fourth-order valence-electron chi connectivity index (χ4n) is 4.66. The van der Waals surface area contributed by atoms with Crippen LogP contribution in [0.5, 0.6) is 5.75 Å². The first-order chi connectivity index (χ1) is 15.5. The summed E-state index contributed by atoms with van der Waals surface area (Å²) in [4.78, 5) is 24.7. The number of piperazine rings is 1. The van der Waals surface area contributed by atoms with Crippen LogP contribution in [0, 0.1) is 6.92 Å². The average Bonchev–Trinajstić information content (AvgIpc) is 3.22. The first kappa shape index (κ1) is 20.3. The lowest BCUT2D eigenvalue weighted by Crippen LogP contribution is -2.49. The minimum atomic E-state index is -0.846. The molecule has 0 aliphatic carbocycles. The molecule has 0 amide bonds. The quantitative estimate of drug-likeness (QED) is 0.498. The zero-order chi connectivity index (χ0) is 22.2. The fourth-order valence-corrected chi connectivity index (χ4v) is 4.66. The van der Waals surface area contributed by atoms with Crippen molar-refractivity contribution >= 4 is 33.6 Å². The Morgan fingerprint density at radius 3 is 2.62 bits per heavy atom. The zero-order valence-corrected chi connectivity index (χ0v) is 18.2. The Labute approximate surface area is 186 Å². The van der Waals surface area contributed by atoms with Gasteiger partial charge in [0, 0.05) is 54.2 Å². The molecule has 3 heterocycles. The highest BCUT2D eigenvalue weighted by Gasteiger charge is 2.32. The summed E-state index contributed by atoms with van der Waals surface area (Å²) in [7, 11) is 1.62. The third kappa shape index (κ3) is 3.54. The number of aliphatic carboxylic acids is 1. The number of aromatic nitrogens is 2. The number of pyridine rings is 1. The number of carboxylic acids is 1. The Kier molecular flexibility index (Phi) is 5.19. The van der Waals surface area contributed by atoms with Gasteiger partial charge in [0.15, 0.2) is 0 Å². The Morgan fingerprint density at radius 2 is 1.88 bits per heavy atom. The first-order valence-electron chi connectivity index (χ1n) is 10.8. The highest BCUT2D eigenvalue weighted by atomic mass is 16.5. The number of hydrogen-bond donors (Lipinski definition) is 2. The number of anilines is 1. The molecule has 0 spiro atoms. The molecule has 0 saturated carbocycles. The minimum absolute atomic E-state index is 0.640. The molecule has 1 atom stereocenters. The summed E-state index contributed by atoms with van der Waals surface area (Å²) in [5.41, 5.74) is 3.85. The van der Waals surface area contributed by atoms with Gasteiger partial charge in [0.25, 0.3) is 0 Å². The third-order valence-electron chi connectivity index (χ3n) is 6.36. The summed E-state index contributed by atoms with van der Waals surface area (Å²) in [5, 5.41) is 12.2. The molecule has 32 heavy (non-hydrogen) atoms. The van der Waals surface area contributed by atoms with Crippen LogP contribution in [0.25, 0.3) is 21.8 Å². The van der Waals surface area contributed by atoms with Crippen LogP contribution in [0.1, 0.15) is 17.2 Å². The van der Waals surface area contributed by atoms with Gasteiger partial charge in [0.05, 0.1) is 12.6 Å². The minimum Gasteiger partial charge on any atom is -0.497 e. The number of aryl methyl sites for hydroxylation is 1. The molecule has 1 fully saturated rings. The number of hydrogen-bond acceptors (Lipinski definition) is 5. The van der Waals surface area contributed by atoms with E-state index in [1.807, 2.05) is 47.5 Å². The van der Waals surface area contributed by atoms with Crippen LogP contribution in [0.4, 0.5) is 5.82 Å². The highest BCUT2D eigenvalue weighted by molar-refractivity contribution is 5.90. The van der Waals surface area contributed by atoms with Gasteiger partial charge in [0.1, 0.15) is 17.6 Å². The van der Waals surface area contributed by atoms with Crippen LogP contribution in [-0.2, 0) is 4.79 Å². The van der Waals surface area contributed by atoms with Crippen LogP contribution in [0.2, 0.25) is 0 Å². The maximum atomic E-state index is 12.3. The topological polar surface area (TPSA) is 81.7 Å². The molecule has 2 aromatic heterocycles. The molecule has 5 rings (SSSR count). The molecule has 4 aromatic rings. The van der Waals surface area contributed by atoms with Crippen molar-refractivity contribution in [1.82, 2.24) is 14.9 Å². The van der Waals surface area contributed by atoms with E-state index in [2.05, 4.69) is 28.9 Å². The van der Waals surface area contributed by atoms with E-state index in [1.54, 1.807) is 7.11 Å². The smallest absolute Gasteiger partial charge is 0.325 e. The largest absolute Gasteiger partial charge is 0.497 e. The number of carbonyl (C=O) groups is 1. The van der Waals surface area contributed by atoms with E-state index in [4.69, 9.17) is 9.72 Å². The number of para-hydroxylation sites is 1. The second-order valence-electron chi connectivity index (χ2n) is 8.23. The third-order valence-corrected chi connectivity index (χ3v) is 6.36. The van der Waals surface area contributed by atoms with Crippen LogP contribution in [-0.4, -0.2) is 59.2 Å². The van der Waals surface area contributed by atoms with Gasteiger partial charge in [-0.1, -0.05) is 18.2 Å². The number of aromatic amines is 1. The van der Waals surface area contributed by atoms with E-state index in [-0.39, 0.29) is 0 Å².